The molecule has 4 aromatic rings. The van der Waals surface area contributed by atoms with Crippen molar-refractivity contribution in [2.45, 2.75) is 32.1 Å². The van der Waals surface area contributed by atoms with Gasteiger partial charge in [-0.3, -0.25) is 4.79 Å². The first-order chi connectivity index (χ1) is 14.8. The third kappa shape index (κ3) is 2.84. The molecule has 0 heterocycles. The molecule has 1 aliphatic carbocycles. The van der Waals surface area contributed by atoms with E-state index in [0.717, 1.165) is 16.7 Å². The second kappa shape index (κ2) is 6.71. The van der Waals surface area contributed by atoms with Crippen LogP contribution in [0.3, 0.4) is 0 Å². The fourth-order valence-corrected chi connectivity index (χ4v) is 4.86. The van der Waals surface area contributed by atoms with E-state index in [9.17, 15) is 15.0 Å². The fourth-order valence-electron chi connectivity index (χ4n) is 4.86. The lowest BCUT2D eigenvalue weighted by Crippen LogP contribution is -2.26. The van der Waals surface area contributed by atoms with E-state index in [1.54, 1.807) is 18.2 Å². The number of carbonyl (C=O) groups is 1. The third-order valence-corrected chi connectivity index (χ3v) is 6.29. The maximum Gasteiger partial charge on any atom is 0.193 e. The molecular formula is C28H24O3. The molecule has 1 aliphatic rings. The Morgan fingerprint density at radius 1 is 0.742 bits per heavy atom. The Bertz CT molecular complexity index is 1360. The van der Waals surface area contributed by atoms with Crippen molar-refractivity contribution in [3.05, 3.63) is 106 Å². The van der Waals surface area contributed by atoms with Crippen LogP contribution < -0.4 is 0 Å². The van der Waals surface area contributed by atoms with Gasteiger partial charge in [-0.1, -0.05) is 87.5 Å². The predicted molar refractivity (Wildman–Crippen MR) is 123 cm³/mol. The minimum absolute atomic E-state index is 0.0110. The number of fused-ring (bicyclic) bond motifs is 3. The fraction of sp³-hybridized carbons (Fsp3) is 0.179. The van der Waals surface area contributed by atoms with Crippen LogP contribution >= 0.6 is 0 Å². The lowest BCUT2D eigenvalue weighted by Gasteiger charge is -2.33. The highest BCUT2D eigenvalue weighted by atomic mass is 16.3. The lowest BCUT2D eigenvalue weighted by atomic mass is 9.69. The summed E-state index contributed by atoms with van der Waals surface area (Å²) < 4.78 is 0. The number of ketones is 1. The van der Waals surface area contributed by atoms with Gasteiger partial charge in [-0.25, -0.2) is 0 Å². The van der Waals surface area contributed by atoms with E-state index in [1.165, 1.54) is 0 Å². The zero-order valence-corrected chi connectivity index (χ0v) is 17.8. The molecule has 0 saturated heterocycles. The number of aromatic hydroxyl groups is 2. The number of carbonyl (C=O) groups excluding carboxylic acids is 1. The van der Waals surface area contributed by atoms with Crippen molar-refractivity contribution in [2.24, 2.45) is 0 Å². The van der Waals surface area contributed by atoms with Crippen LogP contribution in [0.1, 0.15) is 64.9 Å². The summed E-state index contributed by atoms with van der Waals surface area (Å²) in [6.45, 7) is 6.31. The topological polar surface area (TPSA) is 57.5 Å². The maximum atomic E-state index is 13.6. The van der Waals surface area contributed by atoms with Gasteiger partial charge in [0, 0.05) is 33.4 Å². The minimum atomic E-state index is -0.360. The SMILES string of the molecule is CC(C)(C)c1cccc2c1C(=O)c1ccccc1C2c1cc(O)c2ccccc2c1O. The van der Waals surface area contributed by atoms with Gasteiger partial charge in [-0.2, -0.15) is 0 Å². The molecule has 31 heavy (non-hydrogen) atoms. The van der Waals surface area contributed by atoms with Crippen molar-refractivity contribution in [3.8, 4) is 11.5 Å². The van der Waals surface area contributed by atoms with Gasteiger partial charge < -0.3 is 10.2 Å². The molecule has 5 rings (SSSR count). The lowest BCUT2D eigenvalue weighted by molar-refractivity contribution is 0.103. The van der Waals surface area contributed by atoms with Crippen LogP contribution in [-0.4, -0.2) is 16.0 Å². The summed E-state index contributed by atoms with van der Waals surface area (Å²) in [5.74, 6) is -0.0976. The zero-order valence-electron chi connectivity index (χ0n) is 17.8. The van der Waals surface area contributed by atoms with Gasteiger partial charge in [0.05, 0.1) is 0 Å². The van der Waals surface area contributed by atoms with Crippen LogP contribution in [0, 0.1) is 0 Å². The van der Waals surface area contributed by atoms with Crippen LogP contribution in [0.25, 0.3) is 10.8 Å². The van der Waals surface area contributed by atoms with Crippen LogP contribution in [0.4, 0.5) is 0 Å². The van der Waals surface area contributed by atoms with Gasteiger partial charge in [0.25, 0.3) is 0 Å². The highest BCUT2D eigenvalue weighted by Crippen LogP contribution is 2.48. The number of hydrogen-bond acceptors (Lipinski definition) is 3. The molecule has 0 spiro atoms. The van der Waals surface area contributed by atoms with Crippen LogP contribution in [0.15, 0.2) is 72.8 Å². The number of benzene rings is 4. The largest absolute Gasteiger partial charge is 0.507 e. The van der Waals surface area contributed by atoms with E-state index in [4.69, 9.17) is 0 Å². The van der Waals surface area contributed by atoms with Crippen LogP contribution in [-0.2, 0) is 5.41 Å². The van der Waals surface area contributed by atoms with Gasteiger partial charge in [0.15, 0.2) is 5.78 Å². The summed E-state index contributed by atoms with van der Waals surface area (Å²) in [7, 11) is 0. The minimum Gasteiger partial charge on any atom is -0.507 e. The van der Waals surface area contributed by atoms with E-state index >= 15 is 0 Å². The molecule has 1 unspecified atom stereocenters. The van der Waals surface area contributed by atoms with Gasteiger partial charge in [0.2, 0.25) is 0 Å². The quantitative estimate of drug-likeness (QED) is 0.321. The Balaban J connectivity index is 1.89. The highest BCUT2D eigenvalue weighted by molar-refractivity contribution is 6.14. The Labute approximate surface area is 181 Å². The normalized spacial score (nSPS) is 15.6. The molecule has 4 aromatic carbocycles. The average Bonchev–Trinajstić information content (AvgIpc) is 2.76. The molecule has 0 amide bonds. The van der Waals surface area contributed by atoms with Crippen molar-refractivity contribution in [3.63, 3.8) is 0 Å². The first-order valence-electron chi connectivity index (χ1n) is 10.5. The van der Waals surface area contributed by atoms with Crippen molar-refractivity contribution in [2.75, 3.05) is 0 Å². The zero-order chi connectivity index (χ0) is 21.9. The van der Waals surface area contributed by atoms with Crippen molar-refractivity contribution in [1.82, 2.24) is 0 Å². The van der Waals surface area contributed by atoms with E-state index in [1.807, 2.05) is 54.6 Å². The first-order valence-corrected chi connectivity index (χ1v) is 10.5. The molecule has 0 bridgehead atoms. The monoisotopic (exact) mass is 408 g/mol. The summed E-state index contributed by atoms with van der Waals surface area (Å²) in [6.07, 6.45) is 0. The molecule has 154 valence electrons. The van der Waals surface area contributed by atoms with Gasteiger partial charge in [-0.15, -0.1) is 0 Å². The van der Waals surface area contributed by atoms with Crippen molar-refractivity contribution < 1.29 is 15.0 Å². The molecule has 0 aromatic heterocycles. The molecule has 3 heteroatoms. The molecule has 0 aliphatic heterocycles. The van der Waals surface area contributed by atoms with Crippen LogP contribution in [0.5, 0.6) is 11.5 Å². The van der Waals surface area contributed by atoms with E-state index in [2.05, 4.69) is 20.8 Å². The highest BCUT2D eigenvalue weighted by Gasteiger charge is 2.37. The Kier molecular flexibility index (Phi) is 4.19. The molecule has 3 nitrogen and oxygen atoms in total. The molecule has 1 atom stereocenters. The van der Waals surface area contributed by atoms with Gasteiger partial charge in [0.1, 0.15) is 11.5 Å². The molecule has 2 N–H and O–H groups in total. The van der Waals surface area contributed by atoms with E-state index in [0.29, 0.717) is 27.5 Å². The molecule has 0 fully saturated rings. The first kappa shape index (κ1) is 19.4. The van der Waals surface area contributed by atoms with Gasteiger partial charge >= 0.3 is 0 Å². The Hall–Kier alpha value is -3.59. The summed E-state index contributed by atoms with van der Waals surface area (Å²) >= 11 is 0. The second-order valence-corrected chi connectivity index (χ2v) is 9.25. The second-order valence-electron chi connectivity index (χ2n) is 9.25. The number of rotatable bonds is 1. The number of phenolic OH excluding ortho intramolecular Hbond substituents is 2. The van der Waals surface area contributed by atoms with E-state index < -0.39 is 0 Å². The summed E-state index contributed by atoms with van der Waals surface area (Å²) in [5.41, 5.74) is 4.42. The smallest absolute Gasteiger partial charge is 0.193 e. The maximum absolute atomic E-state index is 13.6. The summed E-state index contributed by atoms with van der Waals surface area (Å²) in [5, 5.41) is 23.2. The Morgan fingerprint density at radius 3 is 2.13 bits per heavy atom. The van der Waals surface area contributed by atoms with E-state index in [-0.39, 0.29) is 28.6 Å². The molecule has 0 saturated carbocycles. The molecule has 0 radical (unpaired) electrons. The van der Waals surface area contributed by atoms with Crippen molar-refractivity contribution >= 4 is 16.6 Å². The molecular weight excluding hydrogens is 384 g/mol. The average molecular weight is 408 g/mol. The van der Waals surface area contributed by atoms with Crippen molar-refractivity contribution in [1.29, 1.82) is 0 Å². The third-order valence-electron chi connectivity index (χ3n) is 6.29. The standard InChI is InChI=1S/C28H24O3/c1-28(2,3)22-14-8-13-20-24(17-10-5-7-12-19(17)27(31)25(20)22)21-15-23(29)16-9-4-6-11-18(16)26(21)30/h4-15,24,29-30H,1-3H3. The summed E-state index contributed by atoms with van der Waals surface area (Å²) in [6, 6.07) is 22.4. The van der Waals surface area contributed by atoms with Gasteiger partial charge in [-0.05, 0) is 28.2 Å². The number of phenols is 2. The Morgan fingerprint density at radius 2 is 1.39 bits per heavy atom. The number of hydrogen-bond donors (Lipinski definition) is 2. The summed E-state index contributed by atoms with van der Waals surface area (Å²) in [4.78, 5) is 13.6. The predicted octanol–water partition coefficient (Wildman–Crippen LogP) is 6.27. The van der Waals surface area contributed by atoms with Crippen LogP contribution in [0.2, 0.25) is 0 Å².